The molecular weight excluding hydrogens is 299 g/mol. The summed E-state index contributed by atoms with van der Waals surface area (Å²) < 4.78 is 46.2. The normalized spacial score (nSPS) is 11.3. The van der Waals surface area contributed by atoms with E-state index >= 15 is 0 Å². The molecule has 4 nitrogen and oxygen atoms in total. The number of carbonyl (C=O) groups is 1. The van der Waals surface area contributed by atoms with Crippen LogP contribution in [0, 0.1) is 0 Å². The van der Waals surface area contributed by atoms with Crippen LogP contribution in [0.15, 0.2) is 36.4 Å². The van der Waals surface area contributed by atoms with Crippen LogP contribution in [0.2, 0.25) is 0 Å². The van der Waals surface area contributed by atoms with Gasteiger partial charge in [0.1, 0.15) is 18.0 Å². The Hall–Kier alpha value is -2.44. The molecule has 0 unspecified atom stereocenters. The number of benzene rings is 2. The van der Waals surface area contributed by atoms with E-state index in [1.165, 1.54) is 0 Å². The van der Waals surface area contributed by atoms with Crippen LogP contribution in [-0.2, 0) is 4.79 Å². The number of nitrogens with one attached hydrogen (secondary N) is 1. The molecule has 22 heavy (non-hydrogen) atoms. The highest BCUT2D eigenvalue weighted by Gasteiger charge is 2.27. The highest BCUT2D eigenvalue weighted by Crippen LogP contribution is 2.24. The van der Waals surface area contributed by atoms with Gasteiger partial charge in [0, 0.05) is 0 Å². The topological polar surface area (TPSA) is 47.6 Å². The average molecular weight is 313 g/mol. The molecule has 0 saturated heterocycles. The number of fused-ring (bicyclic) bond motifs is 1. The van der Waals surface area contributed by atoms with E-state index in [0.29, 0.717) is 11.5 Å². The van der Waals surface area contributed by atoms with E-state index in [9.17, 15) is 18.0 Å². The van der Waals surface area contributed by atoms with Gasteiger partial charge in [-0.2, -0.15) is 13.2 Å². The van der Waals surface area contributed by atoms with E-state index < -0.39 is 25.2 Å². The van der Waals surface area contributed by atoms with Gasteiger partial charge in [-0.1, -0.05) is 12.1 Å². The lowest BCUT2D eigenvalue weighted by Crippen LogP contribution is -2.36. The number of rotatable bonds is 5. The minimum atomic E-state index is -4.44. The van der Waals surface area contributed by atoms with Crippen LogP contribution in [-0.4, -0.2) is 32.3 Å². The van der Waals surface area contributed by atoms with Crippen molar-refractivity contribution in [3.63, 3.8) is 0 Å². The fourth-order valence-electron chi connectivity index (χ4n) is 1.82. The lowest BCUT2D eigenvalue weighted by atomic mass is 10.1. The van der Waals surface area contributed by atoms with Crippen molar-refractivity contribution in [3.05, 3.63) is 36.4 Å². The molecule has 0 aliphatic rings. The predicted octanol–water partition coefficient (Wildman–Crippen LogP) is 2.91. The van der Waals surface area contributed by atoms with Crippen molar-refractivity contribution in [1.82, 2.24) is 5.32 Å². The minimum Gasteiger partial charge on any atom is -0.497 e. The number of methoxy groups -OCH3 is 1. The highest BCUT2D eigenvalue weighted by molar-refractivity contribution is 5.85. The van der Waals surface area contributed by atoms with Gasteiger partial charge in [0.25, 0.3) is 5.91 Å². The van der Waals surface area contributed by atoms with Crippen LogP contribution in [0.25, 0.3) is 10.8 Å². The molecule has 0 spiro atoms. The summed E-state index contributed by atoms with van der Waals surface area (Å²) in [6.07, 6.45) is -4.44. The smallest absolute Gasteiger partial charge is 0.405 e. The number of ether oxygens (including phenoxy) is 2. The van der Waals surface area contributed by atoms with Crippen LogP contribution in [0.1, 0.15) is 0 Å². The van der Waals surface area contributed by atoms with Crippen LogP contribution >= 0.6 is 0 Å². The van der Waals surface area contributed by atoms with Gasteiger partial charge in [-0.25, -0.2) is 0 Å². The van der Waals surface area contributed by atoms with Crippen molar-refractivity contribution in [2.24, 2.45) is 0 Å². The third kappa shape index (κ3) is 4.54. The maximum absolute atomic E-state index is 12.0. The molecule has 0 bridgehead atoms. The zero-order valence-electron chi connectivity index (χ0n) is 11.7. The summed E-state index contributed by atoms with van der Waals surface area (Å²) in [6.45, 7) is -1.85. The first-order valence-electron chi connectivity index (χ1n) is 6.41. The molecule has 1 amide bonds. The molecule has 2 rings (SSSR count). The van der Waals surface area contributed by atoms with Crippen LogP contribution < -0.4 is 14.8 Å². The largest absolute Gasteiger partial charge is 0.497 e. The van der Waals surface area contributed by atoms with Crippen molar-refractivity contribution in [3.8, 4) is 11.5 Å². The molecular formula is C15H14F3NO3. The molecule has 0 aromatic heterocycles. The summed E-state index contributed by atoms with van der Waals surface area (Å²) in [7, 11) is 1.55. The number of hydrogen-bond acceptors (Lipinski definition) is 3. The van der Waals surface area contributed by atoms with E-state index in [1.807, 2.05) is 12.1 Å². The van der Waals surface area contributed by atoms with Gasteiger partial charge >= 0.3 is 6.18 Å². The maximum Gasteiger partial charge on any atom is 0.405 e. The van der Waals surface area contributed by atoms with E-state index in [1.54, 1.807) is 36.7 Å². The summed E-state index contributed by atoms with van der Waals surface area (Å²) >= 11 is 0. The van der Waals surface area contributed by atoms with Crippen LogP contribution in [0.5, 0.6) is 11.5 Å². The SMILES string of the molecule is COc1ccc2ccc(OCC(=O)NCC(F)(F)F)cc2c1. The molecule has 0 atom stereocenters. The van der Waals surface area contributed by atoms with Gasteiger partial charge in [0.05, 0.1) is 7.11 Å². The Morgan fingerprint density at radius 1 is 1.09 bits per heavy atom. The Bertz CT molecular complexity index is 671. The third-order valence-corrected chi connectivity index (χ3v) is 2.87. The number of alkyl halides is 3. The fourth-order valence-corrected chi connectivity index (χ4v) is 1.82. The van der Waals surface area contributed by atoms with Crippen LogP contribution in [0.3, 0.4) is 0 Å². The molecule has 2 aromatic rings. The van der Waals surface area contributed by atoms with Crippen LogP contribution in [0.4, 0.5) is 13.2 Å². The van der Waals surface area contributed by atoms with E-state index in [-0.39, 0.29) is 0 Å². The van der Waals surface area contributed by atoms with E-state index in [0.717, 1.165) is 10.8 Å². The first kappa shape index (κ1) is 15.9. The second-order valence-electron chi connectivity index (χ2n) is 4.56. The molecule has 1 N–H and O–H groups in total. The molecule has 118 valence electrons. The summed E-state index contributed by atoms with van der Waals surface area (Å²) in [5.41, 5.74) is 0. The third-order valence-electron chi connectivity index (χ3n) is 2.87. The zero-order valence-corrected chi connectivity index (χ0v) is 11.7. The van der Waals surface area contributed by atoms with E-state index in [2.05, 4.69) is 0 Å². The summed E-state index contributed by atoms with van der Waals surface area (Å²) in [6, 6.07) is 10.6. The van der Waals surface area contributed by atoms with Gasteiger partial charge < -0.3 is 14.8 Å². The summed E-state index contributed by atoms with van der Waals surface area (Å²) in [4.78, 5) is 11.3. The van der Waals surface area contributed by atoms with Crippen molar-refractivity contribution in [2.75, 3.05) is 20.3 Å². The first-order chi connectivity index (χ1) is 10.4. The van der Waals surface area contributed by atoms with Gasteiger partial charge in [0.15, 0.2) is 6.61 Å². The maximum atomic E-state index is 12.0. The molecule has 0 aliphatic carbocycles. The quantitative estimate of drug-likeness (QED) is 0.923. The molecule has 2 aromatic carbocycles. The first-order valence-corrected chi connectivity index (χ1v) is 6.41. The Morgan fingerprint density at radius 3 is 2.36 bits per heavy atom. The average Bonchev–Trinajstić information content (AvgIpc) is 2.49. The Kier molecular flexibility index (Phi) is 4.75. The number of amides is 1. The Morgan fingerprint density at radius 2 is 1.73 bits per heavy atom. The lowest BCUT2D eigenvalue weighted by molar-refractivity contribution is -0.139. The molecule has 0 radical (unpaired) electrons. The standard InChI is InChI=1S/C15H14F3NO3/c1-21-12-4-2-10-3-5-13(7-11(10)6-12)22-8-14(20)19-9-15(16,17)18/h2-7H,8-9H2,1H3,(H,19,20). The number of halogens is 3. The van der Waals surface area contributed by atoms with Crippen molar-refractivity contribution < 1.29 is 27.4 Å². The second-order valence-corrected chi connectivity index (χ2v) is 4.56. The Labute approximate surface area is 124 Å². The monoisotopic (exact) mass is 313 g/mol. The fraction of sp³-hybridized carbons (Fsp3) is 0.267. The van der Waals surface area contributed by atoms with E-state index in [4.69, 9.17) is 9.47 Å². The number of hydrogen-bond donors (Lipinski definition) is 1. The minimum absolute atomic E-state index is 0.392. The predicted molar refractivity (Wildman–Crippen MR) is 75.1 cm³/mol. The number of carbonyl (C=O) groups excluding carboxylic acids is 1. The summed E-state index contributed by atoms with van der Waals surface area (Å²) in [5.74, 6) is 0.235. The van der Waals surface area contributed by atoms with Crippen molar-refractivity contribution >= 4 is 16.7 Å². The zero-order chi connectivity index (χ0) is 16.2. The van der Waals surface area contributed by atoms with Gasteiger partial charge in [-0.3, -0.25) is 4.79 Å². The van der Waals surface area contributed by atoms with Gasteiger partial charge in [-0.15, -0.1) is 0 Å². The highest BCUT2D eigenvalue weighted by atomic mass is 19.4. The molecule has 0 fully saturated rings. The van der Waals surface area contributed by atoms with Crippen molar-refractivity contribution in [1.29, 1.82) is 0 Å². The molecule has 0 saturated carbocycles. The molecule has 0 heterocycles. The second kappa shape index (κ2) is 6.55. The lowest BCUT2D eigenvalue weighted by Gasteiger charge is -2.10. The molecule has 0 aliphatic heterocycles. The van der Waals surface area contributed by atoms with Crippen molar-refractivity contribution in [2.45, 2.75) is 6.18 Å². The molecule has 7 heteroatoms. The van der Waals surface area contributed by atoms with Gasteiger partial charge in [0.2, 0.25) is 0 Å². The van der Waals surface area contributed by atoms with Gasteiger partial charge in [-0.05, 0) is 35.0 Å². The summed E-state index contributed by atoms with van der Waals surface area (Å²) in [5, 5.41) is 3.53. The Balaban J connectivity index is 1.98.